The molecule has 1 aliphatic heterocycles. The molecule has 0 spiro atoms. The molecule has 0 fully saturated rings. The molecule has 140 valence electrons. The number of fused-ring (bicyclic) bond motifs is 1. The Morgan fingerprint density at radius 3 is 2.89 bits per heavy atom. The SMILES string of the molecule is Cc1cccc(C)c1C1C=c2cnc(NCCN3C=COCC3)nc2=CC1. The molecule has 2 aromatic rings. The Bertz CT molecular complexity index is 947. The Morgan fingerprint density at radius 2 is 2.11 bits per heavy atom. The smallest absolute Gasteiger partial charge is 0.223 e. The van der Waals surface area contributed by atoms with E-state index in [4.69, 9.17) is 9.72 Å². The highest BCUT2D eigenvalue weighted by Gasteiger charge is 2.15. The predicted molar refractivity (Wildman–Crippen MR) is 109 cm³/mol. The predicted octanol–water partition coefficient (Wildman–Crippen LogP) is 2.06. The zero-order valence-electron chi connectivity index (χ0n) is 16.0. The molecule has 27 heavy (non-hydrogen) atoms. The molecule has 1 aliphatic carbocycles. The number of anilines is 1. The van der Waals surface area contributed by atoms with Crippen LogP contribution >= 0.6 is 0 Å². The van der Waals surface area contributed by atoms with Crippen molar-refractivity contribution in [3.63, 3.8) is 0 Å². The van der Waals surface area contributed by atoms with Crippen LogP contribution in [-0.4, -0.2) is 41.1 Å². The summed E-state index contributed by atoms with van der Waals surface area (Å²) < 4.78 is 5.21. The average molecular weight is 362 g/mol. The minimum atomic E-state index is 0.397. The summed E-state index contributed by atoms with van der Waals surface area (Å²) >= 11 is 0. The van der Waals surface area contributed by atoms with E-state index >= 15 is 0 Å². The number of benzene rings is 1. The van der Waals surface area contributed by atoms with Crippen LogP contribution in [0.4, 0.5) is 5.95 Å². The first-order valence-electron chi connectivity index (χ1n) is 9.58. The topological polar surface area (TPSA) is 50.3 Å². The molecular formula is C22H26N4O. The highest BCUT2D eigenvalue weighted by Crippen LogP contribution is 2.28. The lowest BCUT2D eigenvalue weighted by Gasteiger charge is -2.23. The van der Waals surface area contributed by atoms with Gasteiger partial charge in [0, 0.05) is 36.6 Å². The van der Waals surface area contributed by atoms with E-state index in [1.807, 2.05) is 12.4 Å². The molecule has 0 saturated heterocycles. The maximum atomic E-state index is 5.21. The van der Waals surface area contributed by atoms with Crippen molar-refractivity contribution in [2.45, 2.75) is 26.2 Å². The highest BCUT2D eigenvalue weighted by molar-refractivity contribution is 5.52. The molecule has 1 atom stereocenters. The summed E-state index contributed by atoms with van der Waals surface area (Å²) in [5.74, 6) is 1.09. The third-order valence-corrected chi connectivity index (χ3v) is 5.25. The first kappa shape index (κ1) is 17.6. The Hall–Kier alpha value is -2.82. The van der Waals surface area contributed by atoms with Gasteiger partial charge in [0.25, 0.3) is 0 Å². The van der Waals surface area contributed by atoms with E-state index in [9.17, 15) is 0 Å². The molecule has 5 heteroatoms. The Morgan fingerprint density at radius 1 is 1.26 bits per heavy atom. The third kappa shape index (κ3) is 3.97. The summed E-state index contributed by atoms with van der Waals surface area (Å²) in [4.78, 5) is 11.4. The number of nitrogens with one attached hydrogen (secondary N) is 1. The standard InChI is InChI=1S/C22H26N4O/c1-16-4-3-5-17(2)21(16)18-6-7-20-19(14-18)15-24-22(25-20)23-8-9-26-10-12-27-13-11-26/h3-5,7,10,12,14-15,18H,6,8-9,11,13H2,1-2H3,(H,23,25). The van der Waals surface area contributed by atoms with E-state index < -0.39 is 0 Å². The maximum absolute atomic E-state index is 5.21. The monoisotopic (exact) mass is 362 g/mol. The number of hydrogen-bond acceptors (Lipinski definition) is 5. The maximum Gasteiger partial charge on any atom is 0.223 e. The van der Waals surface area contributed by atoms with Crippen molar-refractivity contribution >= 4 is 18.1 Å². The normalized spacial score (nSPS) is 18.1. The van der Waals surface area contributed by atoms with Gasteiger partial charge in [0.2, 0.25) is 5.95 Å². The molecule has 1 aromatic heterocycles. The molecule has 0 radical (unpaired) electrons. The summed E-state index contributed by atoms with van der Waals surface area (Å²) in [5, 5.41) is 5.48. The Kier molecular flexibility index (Phi) is 5.10. The zero-order chi connectivity index (χ0) is 18.6. The summed E-state index contributed by atoms with van der Waals surface area (Å²) in [7, 11) is 0. The van der Waals surface area contributed by atoms with Gasteiger partial charge in [-0.25, -0.2) is 9.97 Å². The number of hydrogen-bond donors (Lipinski definition) is 1. The molecule has 0 bridgehead atoms. The van der Waals surface area contributed by atoms with Crippen LogP contribution in [0.3, 0.4) is 0 Å². The van der Waals surface area contributed by atoms with Crippen molar-refractivity contribution in [3.8, 4) is 0 Å². The van der Waals surface area contributed by atoms with Gasteiger partial charge in [-0.05, 0) is 37.0 Å². The van der Waals surface area contributed by atoms with Crippen LogP contribution in [-0.2, 0) is 4.74 Å². The summed E-state index contributed by atoms with van der Waals surface area (Å²) in [6, 6.07) is 6.51. The van der Waals surface area contributed by atoms with E-state index in [2.05, 4.69) is 59.4 Å². The summed E-state index contributed by atoms with van der Waals surface area (Å²) in [5.41, 5.74) is 4.13. The molecule has 1 unspecified atom stereocenters. The molecule has 5 nitrogen and oxygen atoms in total. The van der Waals surface area contributed by atoms with Gasteiger partial charge < -0.3 is 15.0 Å². The van der Waals surface area contributed by atoms with E-state index in [1.165, 1.54) is 16.7 Å². The second-order valence-corrected chi connectivity index (χ2v) is 7.17. The van der Waals surface area contributed by atoms with E-state index in [1.54, 1.807) is 6.26 Å². The average Bonchev–Trinajstić information content (AvgIpc) is 2.69. The third-order valence-electron chi connectivity index (χ3n) is 5.25. The highest BCUT2D eigenvalue weighted by atomic mass is 16.5. The molecule has 1 N–H and O–H groups in total. The molecule has 0 saturated carbocycles. The number of aryl methyl sites for hydroxylation is 2. The molecule has 1 aromatic carbocycles. The lowest BCUT2D eigenvalue weighted by atomic mass is 9.86. The minimum Gasteiger partial charge on any atom is -0.498 e. The van der Waals surface area contributed by atoms with Crippen LogP contribution < -0.4 is 15.9 Å². The Balaban J connectivity index is 1.47. The van der Waals surface area contributed by atoms with E-state index in [0.717, 1.165) is 43.2 Å². The second kappa shape index (κ2) is 7.82. The summed E-state index contributed by atoms with van der Waals surface area (Å²) in [6.45, 7) is 7.77. The van der Waals surface area contributed by atoms with Crippen LogP contribution in [0.2, 0.25) is 0 Å². The fourth-order valence-electron chi connectivity index (χ4n) is 3.86. The first-order chi connectivity index (χ1) is 13.2. The van der Waals surface area contributed by atoms with Crippen LogP contribution in [0.15, 0.2) is 36.9 Å². The van der Waals surface area contributed by atoms with Crippen LogP contribution in [0, 0.1) is 13.8 Å². The van der Waals surface area contributed by atoms with Crippen molar-refractivity contribution in [2.24, 2.45) is 0 Å². The Labute approximate surface area is 160 Å². The number of ether oxygens (including phenoxy) is 1. The fourth-order valence-corrected chi connectivity index (χ4v) is 3.86. The van der Waals surface area contributed by atoms with Gasteiger partial charge in [0.15, 0.2) is 0 Å². The van der Waals surface area contributed by atoms with Crippen LogP contribution in [0.25, 0.3) is 12.2 Å². The lowest BCUT2D eigenvalue weighted by molar-refractivity contribution is 0.175. The van der Waals surface area contributed by atoms with Crippen molar-refractivity contribution in [2.75, 3.05) is 31.6 Å². The minimum absolute atomic E-state index is 0.397. The molecular weight excluding hydrogens is 336 g/mol. The van der Waals surface area contributed by atoms with Crippen LogP contribution in [0.1, 0.15) is 29.0 Å². The summed E-state index contributed by atoms with van der Waals surface area (Å²) in [6.07, 6.45) is 11.2. The number of nitrogens with zero attached hydrogens (tertiary/aromatic N) is 3. The van der Waals surface area contributed by atoms with Gasteiger partial charge in [0.05, 0.1) is 18.2 Å². The zero-order valence-corrected chi connectivity index (χ0v) is 16.0. The first-order valence-corrected chi connectivity index (χ1v) is 9.58. The van der Waals surface area contributed by atoms with Gasteiger partial charge in [-0.15, -0.1) is 0 Å². The van der Waals surface area contributed by atoms with Crippen molar-refractivity contribution in [1.29, 1.82) is 0 Å². The molecule has 0 amide bonds. The quantitative estimate of drug-likeness (QED) is 0.882. The van der Waals surface area contributed by atoms with Gasteiger partial charge in [0.1, 0.15) is 6.61 Å². The van der Waals surface area contributed by atoms with Gasteiger partial charge >= 0.3 is 0 Å². The molecule has 2 aliphatic rings. The molecule has 4 rings (SSSR count). The number of aromatic nitrogens is 2. The second-order valence-electron chi connectivity index (χ2n) is 7.17. The number of rotatable bonds is 5. The van der Waals surface area contributed by atoms with E-state index in [0.29, 0.717) is 11.9 Å². The molecule has 2 heterocycles. The van der Waals surface area contributed by atoms with Gasteiger partial charge in [-0.2, -0.15) is 0 Å². The van der Waals surface area contributed by atoms with Crippen molar-refractivity contribution in [1.82, 2.24) is 14.9 Å². The van der Waals surface area contributed by atoms with Gasteiger partial charge in [-0.1, -0.05) is 30.4 Å². The fraction of sp³-hybridized carbons (Fsp3) is 0.364. The lowest BCUT2D eigenvalue weighted by Crippen LogP contribution is -2.34. The van der Waals surface area contributed by atoms with Crippen LogP contribution in [0.5, 0.6) is 0 Å². The largest absolute Gasteiger partial charge is 0.498 e. The van der Waals surface area contributed by atoms with Crippen molar-refractivity contribution < 1.29 is 4.74 Å². The van der Waals surface area contributed by atoms with Gasteiger partial charge in [-0.3, -0.25) is 0 Å². The van der Waals surface area contributed by atoms with Crippen molar-refractivity contribution in [3.05, 3.63) is 64.1 Å². The van der Waals surface area contributed by atoms with E-state index in [-0.39, 0.29) is 0 Å².